The van der Waals surface area contributed by atoms with Gasteiger partial charge in [-0.05, 0) is 38.6 Å². The third kappa shape index (κ3) is 3.50. The molecule has 3 heteroatoms. The van der Waals surface area contributed by atoms with Crippen molar-refractivity contribution < 1.29 is 5.11 Å². The minimum atomic E-state index is 0.117. The summed E-state index contributed by atoms with van der Waals surface area (Å²) in [4.78, 5) is 2.26. The van der Waals surface area contributed by atoms with E-state index in [2.05, 4.69) is 41.7 Å². The van der Waals surface area contributed by atoms with Gasteiger partial charge in [0.05, 0.1) is 0 Å². The Morgan fingerprint density at radius 2 is 2.07 bits per heavy atom. The zero-order chi connectivity index (χ0) is 11.5. The maximum Gasteiger partial charge on any atom is 0.115 e. The van der Waals surface area contributed by atoms with Crippen molar-refractivity contribution >= 4 is 15.9 Å². The van der Waals surface area contributed by atoms with Gasteiger partial charge in [-0.1, -0.05) is 28.1 Å². The summed E-state index contributed by atoms with van der Waals surface area (Å²) in [6.07, 6.45) is 0. The number of aromatic hydroxyl groups is 1. The van der Waals surface area contributed by atoms with Gasteiger partial charge in [0, 0.05) is 17.4 Å². The number of rotatable bonds is 4. The van der Waals surface area contributed by atoms with Gasteiger partial charge in [-0.3, -0.25) is 4.90 Å². The fourth-order valence-electron chi connectivity index (χ4n) is 1.24. The van der Waals surface area contributed by atoms with Gasteiger partial charge >= 0.3 is 0 Å². The highest BCUT2D eigenvalue weighted by atomic mass is 79.9. The second-order valence-corrected chi connectivity index (χ2v) is 5.03. The van der Waals surface area contributed by atoms with Gasteiger partial charge in [0.15, 0.2) is 0 Å². The molecule has 0 saturated carbocycles. The van der Waals surface area contributed by atoms with Crippen molar-refractivity contribution in [2.24, 2.45) is 0 Å². The van der Waals surface area contributed by atoms with E-state index >= 15 is 0 Å². The molecular formula is C12H18BrNO. The molecule has 0 aromatic heterocycles. The highest BCUT2D eigenvalue weighted by molar-refractivity contribution is 9.09. The maximum absolute atomic E-state index is 9.36. The Morgan fingerprint density at radius 1 is 1.40 bits per heavy atom. The van der Waals surface area contributed by atoms with Crippen molar-refractivity contribution in [2.45, 2.75) is 25.9 Å². The van der Waals surface area contributed by atoms with E-state index < -0.39 is 0 Å². The van der Waals surface area contributed by atoms with Crippen LogP contribution in [-0.2, 0) is 6.54 Å². The number of halogens is 1. The molecule has 0 fully saturated rings. The van der Waals surface area contributed by atoms with Crippen LogP contribution in [0.15, 0.2) is 24.3 Å². The molecule has 0 unspecified atom stereocenters. The number of benzene rings is 1. The van der Waals surface area contributed by atoms with E-state index in [9.17, 15) is 5.11 Å². The lowest BCUT2D eigenvalue weighted by molar-refractivity contribution is 0.173. The van der Waals surface area contributed by atoms with Gasteiger partial charge in [-0.25, -0.2) is 0 Å². The van der Waals surface area contributed by atoms with Gasteiger partial charge in [0.1, 0.15) is 5.75 Å². The average molecular weight is 272 g/mol. The van der Waals surface area contributed by atoms with Crippen LogP contribution in [0.5, 0.6) is 5.75 Å². The Morgan fingerprint density at radius 3 is 2.60 bits per heavy atom. The molecule has 0 radical (unpaired) electrons. The number of alkyl halides is 1. The van der Waals surface area contributed by atoms with Gasteiger partial charge in [-0.2, -0.15) is 0 Å². The van der Waals surface area contributed by atoms with Crippen LogP contribution in [0.3, 0.4) is 0 Å². The predicted molar refractivity (Wildman–Crippen MR) is 67.4 cm³/mol. The van der Waals surface area contributed by atoms with E-state index in [1.807, 2.05) is 12.1 Å². The van der Waals surface area contributed by atoms with Crippen molar-refractivity contribution in [1.82, 2.24) is 4.90 Å². The van der Waals surface area contributed by atoms with Crippen LogP contribution in [0, 0.1) is 0 Å². The van der Waals surface area contributed by atoms with Gasteiger partial charge < -0.3 is 5.11 Å². The molecule has 0 aliphatic heterocycles. The van der Waals surface area contributed by atoms with Crippen molar-refractivity contribution in [3.05, 3.63) is 29.8 Å². The lowest BCUT2D eigenvalue weighted by Crippen LogP contribution is -2.41. The minimum Gasteiger partial charge on any atom is -0.508 e. The molecular weight excluding hydrogens is 254 g/mol. The Kier molecular flexibility index (Phi) is 4.17. The quantitative estimate of drug-likeness (QED) is 0.852. The molecule has 0 heterocycles. The molecule has 84 valence electrons. The summed E-state index contributed by atoms with van der Waals surface area (Å²) >= 11 is 3.51. The maximum atomic E-state index is 9.36. The van der Waals surface area contributed by atoms with E-state index in [4.69, 9.17) is 0 Å². The average Bonchev–Trinajstić information content (AvgIpc) is 2.17. The summed E-state index contributed by atoms with van der Waals surface area (Å²) in [5.41, 5.74) is 1.25. The largest absolute Gasteiger partial charge is 0.508 e. The molecule has 1 aromatic rings. The van der Waals surface area contributed by atoms with Crippen molar-refractivity contribution in [2.75, 3.05) is 12.4 Å². The van der Waals surface area contributed by atoms with Crippen LogP contribution in [0.1, 0.15) is 19.4 Å². The molecule has 0 spiro atoms. The normalized spacial score (nSPS) is 12.1. The Labute approximate surface area is 100 Å². The van der Waals surface area contributed by atoms with Gasteiger partial charge in [0.25, 0.3) is 0 Å². The third-order valence-corrected chi connectivity index (χ3v) is 4.06. The van der Waals surface area contributed by atoms with E-state index in [0.29, 0.717) is 5.75 Å². The van der Waals surface area contributed by atoms with E-state index in [0.717, 1.165) is 17.4 Å². The van der Waals surface area contributed by atoms with Crippen LogP contribution < -0.4 is 0 Å². The lowest BCUT2D eigenvalue weighted by atomic mass is 10.1. The second-order valence-electron chi connectivity index (χ2n) is 4.47. The number of hydrogen-bond donors (Lipinski definition) is 1. The summed E-state index contributed by atoms with van der Waals surface area (Å²) in [7, 11) is 2.09. The number of phenols is 1. The first-order chi connectivity index (χ1) is 6.95. The summed E-state index contributed by atoms with van der Waals surface area (Å²) in [6, 6.07) is 7.40. The first-order valence-corrected chi connectivity index (χ1v) is 6.13. The fourth-order valence-corrected chi connectivity index (χ4v) is 1.67. The first-order valence-electron chi connectivity index (χ1n) is 5.01. The molecule has 0 aliphatic carbocycles. The highest BCUT2D eigenvalue weighted by Gasteiger charge is 2.21. The molecule has 2 nitrogen and oxygen atoms in total. The smallest absolute Gasteiger partial charge is 0.115 e. The highest BCUT2D eigenvalue weighted by Crippen LogP contribution is 2.19. The number of phenolic OH excluding ortho intramolecular Hbond substituents is 1. The fraction of sp³-hybridized carbons (Fsp3) is 0.500. The van der Waals surface area contributed by atoms with Crippen molar-refractivity contribution in [3.63, 3.8) is 0 Å². The molecule has 0 aliphatic rings. The zero-order valence-electron chi connectivity index (χ0n) is 9.50. The molecule has 15 heavy (non-hydrogen) atoms. The third-order valence-electron chi connectivity index (χ3n) is 2.69. The Bertz CT molecular complexity index is 325. The summed E-state index contributed by atoms with van der Waals surface area (Å²) in [5, 5.41) is 10.3. The number of nitrogens with zero attached hydrogens (tertiary/aromatic N) is 1. The molecule has 0 bridgehead atoms. The van der Waals surface area contributed by atoms with Crippen molar-refractivity contribution in [1.29, 1.82) is 0 Å². The van der Waals surface area contributed by atoms with Crippen LogP contribution in [0.2, 0.25) is 0 Å². The predicted octanol–water partition coefficient (Wildman–Crippen LogP) is 3.00. The van der Waals surface area contributed by atoms with Gasteiger partial charge in [-0.15, -0.1) is 0 Å². The first kappa shape index (κ1) is 12.5. The van der Waals surface area contributed by atoms with Crippen LogP contribution in [-0.4, -0.2) is 27.9 Å². The standard InChI is InChI=1S/C12H18BrNO/c1-12(2,9-13)14(3)8-10-5-4-6-11(15)7-10/h4-7,15H,8-9H2,1-3H3. The van der Waals surface area contributed by atoms with E-state index in [1.165, 1.54) is 0 Å². The molecule has 0 saturated heterocycles. The zero-order valence-corrected chi connectivity index (χ0v) is 11.1. The van der Waals surface area contributed by atoms with Crippen LogP contribution in [0.4, 0.5) is 0 Å². The van der Waals surface area contributed by atoms with Gasteiger partial charge in [0.2, 0.25) is 0 Å². The van der Waals surface area contributed by atoms with E-state index in [1.54, 1.807) is 12.1 Å². The Hall–Kier alpha value is -0.540. The number of hydrogen-bond acceptors (Lipinski definition) is 2. The summed E-state index contributed by atoms with van der Waals surface area (Å²) in [6.45, 7) is 5.21. The van der Waals surface area contributed by atoms with Crippen molar-refractivity contribution in [3.8, 4) is 5.75 Å². The Balaban J connectivity index is 2.70. The summed E-state index contributed by atoms with van der Waals surface area (Å²) in [5.74, 6) is 0.331. The molecule has 1 aromatic carbocycles. The molecule has 1 rings (SSSR count). The molecule has 0 atom stereocenters. The SMILES string of the molecule is CN(Cc1cccc(O)c1)C(C)(C)CBr. The minimum absolute atomic E-state index is 0.117. The van der Waals surface area contributed by atoms with Crippen LogP contribution in [0.25, 0.3) is 0 Å². The molecule has 0 amide bonds. The summed E-state index contributed by atoms with van der Waals surface area (Å²) < 4.78 is 0. The van der Waals surface area contributed by atoms with E-state index in [-0.39, 0.29) is 5.54 Å². The lowest BCUT2D eigenvalue weighted by Gasteiger charge is -2.34. The monoisotopic (exact) mass is 271 g/mol. The topological polar surface area (TPSA) is 23.5 Å². The second kappa shape index (κ2) is 4.99. The molecule has 1 N–H and O–H groups in total. The van der Waals surface area contributed by atoms with Crippen LogP contribution >= 0.6 is 15.9 Å².